The molecule has 1 atom stereocenters. The Kier molecular flexibility index (Phi) is 5.21. The van der Waals surface area contributed by atoms with Crippen molar-refractivity contribution in [3.63, 3.8) is 0 Å². The number of hydrogen-bond acceptors (Lipinski definition) is 3. The standard InChI is InChI=1S/C20H21FN2O3/c1-13(2)26-18-5-3-4-16(11-18)22-20(25)14-10-19(24)23(12-14)17-8-6-15(21)7-9-17/h3-9,11,13-14H,10,12H2,1-2H3,(H,22,25)/t14-/m0/s1. The first kappa shape index (κ1) is 17.9. The largest absolute Gasteiger partial charge is 0.491 e. The number of ether oxygens (including phenoxy) is 1. The average molecular weight is 356 g/mol. The Bertz CT molecular complexity index is 805. The van der Waals surface area contributed by atoms with Gasteiger partial charge in [-0.15, -0.1) is 0 Å². The number of carbonyl (C=O) groups excluding carboxylic acids is 2. The van der Waals surface area contributed by atoms with Crippen LogP contribution in [0.1, 0.15) is 20.3 Å². The lowest BCUT2D eigenvalue weighted by molar-refractivity contribution is -0.122. The first-order chi connectivity index (χ1) is 12.4. The van der Waals surface area contributed by atoms with Crippen LogP contribution in [-0.4, -0.2) is 24.5 Å². The van der Waals surface area contributed by atoms with Crippen LogP contribution in [0.4, 0.5) is 15.8 Å². The molecule has 26 heavy (non-hydrogen) atoms. The highest BCUT2D eigenvalue weighted by atomic mass is 19.1. The summed E-state index contributed by atoms with van der Waals surface area (Å²) in [4.78, 5) is 26.3. The summed E-state index contributed by atoms with van der Waals surface area (Å²) in [6, 6.07) is 12.8. The Morgan fingerprint density at radius 2 is 1.96 bits per heavy atom. The van der Waals surface area contributed by atoms with Crippen molar-refractivity contribution in [2.24, 2.45) is 5.92 Å². The van der Waals surface area contributed by atoms with E-state index in [2.05, 4.69) is 5.32 Å². The topological polar surface area (TPSA) is 58.6 Å². The van der Waals surface area contributed by atoms with E-state index in [0.29, 0.717) is 17.1 Å². The van der Waals surface area contributed by atoms with Gasteiger partial charge in [-0.3, -0.25) is 9.59 Å². The molecule has 1 N–H and O–H groups in total. The Morgan fingerprint density at radius 1 is 1.23 bits per heavy atom. The molecule has 3 rings (SSSR count). The second-order valence-electron chi connectivity index (χ2n) is 6.57. The number of benzene rings is 2. The summed E-state index contributed by atoms with van der Waals surface area (Å²) < 4.78 is 18.7. The number of nitrogens with zero attached hydrogens (tertiary/aromatic N) is 1. The molecule has 0 spiro atoms. The molecule has 1 saturated heterocycles. The zero-order valence-corrected chi connectivity index (χ0v) is 14.7. The highest BCUT2D eigenvalue weighted by Gasteiger charge is 2.35. The van der Waals surface area contributed by atoms with Crippen LogP contribution in [-0.2, 0) is 9.59 Å². The van der Waals surface area contributed by atoms with Crippen molar-refractivity contribution in [1.29, 1.82) is 0 Å². The Morgan fingerprint density at radius 3 is 2.65 bits per heavy atom. The normalized spacial score (nSPS) is 16.8. The molecule has 1 aliphatic rings. The van der Waals surface area contributed by atoms with E-state index in [4.69, 9.17) is 4.74 Å². The summed E-state index contributed by atoms with van der Waals surface area (Å²) in [6.45, 7) is 4.14. The van der Waals surface area contributed by atoms with E-state index < -0.39 is 5.92 Å². The number of halogens is 1. The fraction of sp³-hybridized carbons (Fsp3) is 0.300. The Balaban J connectivity index is 1.66. The minimum Gasteiger partial charge on any atom is -0.491 e. The highest BCUT2D eigenvalue weighted by molar-refractivity contribution is 6.03. The number of nitrogens with one attached hydrogen (secondary N) is 1. The molecule has 0 saturated carbocycles. The van der Waals surface area contributed by atoms with Gasteiger partial charge in [0.1, 0.15) is 11.6 Å². The monoisotopic (exact) mass is 356 g/mol. The molecule has 136 valence electrons. The van der Waals surface area contributed by atoms with E-state index in [9.17, 15) is 14.0 Å². The van der Waals surface area contributed by atoms with Crippen molar-refractivity contribution in [1.82, 2.24) is 0 Å². The SMILES string of the molecule is CC(C)Oc1cccc(NC(=O)[C@H]2CC(=O)N(c3ccc(F)cc3)C2)c1. The number of rotatable bonds is 5. The zero-order valence-electron chi connectivity index (χ0n) is 14.7. The van der Waals surface area contributed by atoms with Gasteiger partial charge in [-0.2, -0.15) is 0 Å². The number of hydrogen-bond donors (Lipinski definition) is 1. The van der Waals surface area contributed by atoms with Crippen molar-refractivity contribution < 1.29 is 18.7 Å². The third-order valence-corrected chi connectivity index (χ3v) is 4.11. The fourth-order valence-corrected chi connectivity index (χ4v) is 2.92. The predicted molar refractivity (Wildman–Crippen MR) is 97.7 cm³/mol. The molecule has 1 aliphatic heterocycles. The summed E-state index contributed by atoms with van der Waals surface area (Å²) in [5.41, 5.74) is 1.22. The number of anilines is 2. The fourth-order valence-electron chi connectivity index (χ4n) is 2.92. The van der Waals surface area contributed by atoms with Crippen molar-refractivity contribution in [3.05, 3.63) is 54.3 Å². The Labute approximate surface area is 151 Å². The van der Waals surface area contributed by atoms with Crippen LogP contribution >= 0.6 is 0 Å². The molecule has 2 amide bonds. The first-order valence-electron chi connectivity index (χ1n) is 8.56. The van der Waals surface area contributed by atoms with Gasteiger partial charge in [0.2, 0.25) is 11.8 Å². The van der Waals surface area contributed by atoms with Crippen LogP contribution in [0.2, 0.25) is 0 Å². The quantitative estimate of drug-likeness (QED) is 0.890. The maximum absolute atomic E-state index is 13.1. The van der Waals surface area contributed by atoms with Crippen LogP contribution < -0.4 is 15.0 Å². The van der Waals surface area contributed by atoms with Crippen LogP contribution in [0, 0.1) is 11.7 Å². The van der Waals surface area contributed by atoms with Gasteiger partial charge in [0.25, 0.3) is 0 Å². The molecule has 5 nitrogen and oxygen atoms in total. The van der Waals surface area contributed by atoms with E-state index in [1.807, 2.05) is 19.9 Å². The van der Waals surface area contributed by atoms with Crippen LogP contribution in [0.5, 0.6) is 5.75 Å². The molecular weight excluding hydrogens is 335 g/mol. The molecule has 1 heterocycles. The lowest BCUT2D eigenvalue weighted by Gasteiger charge is -2.17. The van der Waals surface area contributed by atoms with Gasteiger partial charge in [0.15, 0.2) is 0 Å². The Hall–Kier alpha value is -2.89. The first-order valence-corrected chi connectivity index (χ1v) is 8.56. The van der Waals surface area contributed by atoms with Crippen molar-refractivity contribution in [2.45, 2.75) is 26.4 Å². The molecule has 2 aromatic carbocycles. The molecule has 2 aromatic rings. The summed E-state index contributed by atoms with van der Waals surface area (Å²) in [7, 11) is 0. The van der Waals surface area contributed by atoms with E-state index in [1.165, 1.54) is 17.0 Å². The van der Waals surface area contributed by atoms with Gasteiger partial charge in [-0.25, -0.2) is 4.39 Å². The molecular formula is C20H21FN2O3. The van der Waals surface area contributed by atoms with Gasteiger partial charge in [0.05, 0.1) is 12.0 Å². The second kappa shape index (κ2) is 7.56. The van der Waals surface area contributed by atoms with Crippen LogP contribution in [0.3, 0.4) is 0 Å². The summed E-state index contributed by atoms with van der Waals surface area (Å²) in [6.07, 6.45) is 0.170. The van der Waals surface area contributed by atoms with Gasteiger partial charge in [-0.1, -0.05) is 6.07 Å². The van der Waals surface area contributed by atoms with E-state index in [0.717, 1.165) is 0 Å². The molecule has 0 aliphatic carbocycles. The minimum absolute atomic E-state index is 0.0395. The lowest BCUT2D eigenvalue weighted by atomic mass is 10.1. The molecule has 6 heteroatoms. The molecule has 0 bridgehead atoms. The van der Waals surface area contributed by atoms with E-state index >= 15 is 0 Å². The summed E-state index contributed by atoms with van der Waals surface area (Å²) in [5, 5.41) is 2.84. The maximum Gasteiger partial charge on any atom is 0.229 e. The maximum atomic E-state index is 13.1. The lowest BCUT2D eigenvalue weighted by Crippen LogP contribution is -2.28. The molecule has 0 unspecified atom stereocenters. The summed E-state index contributed by atoms with van der Waals surface area (Å²) in [5.74, 6) is -0.507. The van der Waals surface area contributed by atoms with Gasteiger partial charge < -0.3 is 15.0 Å². The van der Waals surface area contributed by atoms with E-state index in [-0.39, 0.29) is 36.7 Å². The van der Waals surface area contributed by atoms with Crippen molar-refractivity contribution >= 4 is 23.2 Å². The molecule has 0 aromatic heterocycles. The minimum atomic E-state index is -0.456. The third-order valence-electron chi connectivity index (χ3n) is 4.11. The van der Waals surface area contributed by atoms with Crippen LogP contribution in [0.25, 0.3) is 0 Å². The van der Waals surface area contributed by atoms with E-state index in [1.54, 1.807) is 30.3 Å². The van der Waals surface area contributed by atoms with Gasteiger partial charge in [0, 0.05) is 30.4 Å². The van der Waals surface area contributed by atoms with Crippen molar-refractivity contribution in [2.75, 3.05) is 16.8 Å². The zero-order chi connectivity index (χ0) is 18.7. The van der Waals surface area contributed by atoms with Crippen molar-refractivity contribution in [3.8, 4) is 5.75 Å². The average Bonchev–Trinajstić information content (AvgIpc) is 2.97. The second-order valence-corrected chi connectivity index (χ2v) is 6.57. The number of carbonyl (C=O) groups is 2. The smallest absolute Gasteiger partial charge is 0.229 e. The third kappa shape index (κ3) is 4.20. The van der Waals surface area contributed by atoms with Gasteiger partial charge >= 0.3 is 0 Å². The van der Waals surface area contributed by atoms with Crippen LogP contribution in [0.15, 0.2) is 48.5 Å². The molecule has 0 radical (unpaired) electrons. The number of amides is 2. The molecule has 1 fully saturated rings. The predicted octanol–water partition coefficient (Wildman–Crippen LogP) is 3.60. The highest BCUT2D eigenvalue weighted by Crippen LogP contribution is 2.27. The van der Waals surface area contributed by atoms with Gasteiger partial charge in [-0.05, 0) is 50.2 Å². The summed E-state index contributed by atoms with van der Waals surface area (Å²) >= 11 is 0.